The first-order valence-electron chi connectivity index (χ1n) is 7.32. The number of sulfone groups is 1. The van der Waals surface area contributed by atoms with Crippen LogP contribution >= 0.6 is 0 Å². The van der Waals surface area contributed by atoms with Gasteiger partial charge in [0.25, 0.3) is 5.91 Å². The quantitative estimate of drug-likeness (QED) is 0.871. The van der Waals surface area contributed by atoms with E-state index in [9.17, 15) is 13.2 Å². The molecule has 2 aromatic rings. The zero-order chi connectivity index (χ0) is 16.4. The van der Waals surface area contributed by atoms with Gasteiger partial charge in [-0.25, -0.2) is 8.42 Å². The average Bonchev–Trinajstić information content (AvgIpc) is 2.88. The van der Waals surface area contributed by atoms with E-state index in [-0.39, 0.29) is 11.7 Å². The molecule has 1 aliphatic rings. The molecule has 2 aromatic carbocycles. The molecule has 0 N–H and O–H groups in total. The molecular weight excluding hydrogens is 310 g/mol. The fraction of sp³-hybridized carbons (Fsp3) is 0.167. The molecular formula is C18H17NO3S. The molecule has 3 rings (SSSR count). The Morgan fingerprint density at radius 3 is 2.43 bits per heavy atom. The number of anilines is 1. The van der Waals surface area contributed by atoms with Gasteiger partial charge in [0.05, 0.1) is 11.8 Å². The summed E-state index contributed by atoms with van der Waals surface area (Å²) in [4.78, 5) is 14.5. The predicted molar refractivity (Wildman–Crippen MR) is 91.1 cm³/mol. The number of nitrogens with zero attached hydrogens (tertiary/aromatic N) is 1. The fourth-order valence-corrected chi connectivity index (χ4v) is 3.95. The van der Waals surface area contributed by atoms with E-state index in [1.54, 1.807) is 17.0 Å². The van der Waals surface area contributed by atoms with Crippen LogP contribution in [0.3, 0.4) is 0 Å². The first-order valence-corrected chi connectivity index (χ1v) is 9.04. The lowest BCUT2D eigenvalue weighted by atomic mass is 10.1. The maximum Gasteiger partial charge on any atom is 0.258 e. The zero-order valence-corrected chi connectivity index (χ0v) is 13.5. The highest BCUT2D eigenvalue weighted by molar-refractivity contribution is 7.94. The SMILES string of the molecule is Cc1cccc(C(=O)N(c2ccccc2)[C@H]2C=CS(=O)(=O)C2)c1. The molecule has 0 aromatic heterocycles. The molecule has 1 atom stereocenters. The predicted octanol–water partition coefficient (Wildman–Crippen LogP) is 2.95. The van der Waals surface area contributed by atoms with Gasteiger partial charge in [-0.1, -0.05) is 35.9 Å². The van der Waals surface area contributed by atoms with Crippen LogP contribution in [0.1, 0.15) is 15.9 Å². The number of rotatable bonds is 3. The topological polar surface area (TPSA) is 54.5 Å². The van der Waals surface area contributed by atoms with Gasteiger partial charge in [0.1, 0.15) is 0 Å². The van der Waals surface area contributed by atoms with Crippen molar-refractivity contribution in [2.75, 3.05) is 10.7 Å². The Bertz CT molecular complexity index is 857. The first-order chi connectivity index (χ1) is 11.0. The summed E-state index contributed by atoms with van der Waals surface area (Å²) in [5.41, 5.74) is 2.22. The van der Waals surface area contributed by atoms with Crippen LogP contribution < -0.4 is 4.90 Å². The van der Waals surface area contributed by atoms with Crippen LogP contribution in [0.25, 0.3) is 0 Å². The van der Waals surface area contributed by atoms with Crippen LogP contribution in [0, 0.1) is 6.92 Å². The minimum Gasteiger partial charge on any atom is -0.300 e. The maximum atomic E-state index is 13.0. The average molecular weight is 327 g/mol. The van der Waals surface area contributed by atoms with E-state index in [1.165, 1.54) is 5.41 Å². The summed E-state index contributed by atoms with van der Waals surface area (Å²) < 4.78 is 23.5. The van der Waals surface area contributed by atoms with E-state index in [0.717, 1.165) is 5.56 Å². The summed E-state index contributed by atoms with van der Waals surface area (Å²) in [6.07, 6.45) is 1.58. The van der Waals surface area contributed by atoms with Crippen LogP contribution in [0.15, 0.2) is 66.1 Å². The Labute approximate surface area is 136 Å². The van der Waals surface area contributed by atoms with Crippen molar-refractivity contribution < 1.29 is 13.2 Å². The van der Waals surface area contributed by atoms with E-state index >= 15 is 0 Å². The number of para-hydroxylation sites is 1. The van der Waals surface area contributed by atoms with Crippen molar-refractivity contribution in [3.8, 4) is 0 Å². The fourth-order valence-electron chi connectivity index (χ4n) is 2.69. The summed E-state index contributed by atoms with van der Waals surface area (Å²) in [5, 5.41) is 1.19. The lowest BCUT2D eigenvalue weighted by Gasteiger charge is -2.28. The summed E-state index contributed by atoms with van der Waals surface area (Å²) in [6, 6.07) is 16.0. The monoisotopic (exact) mass is 327 g/mol. The van der Waals surface area contributed by atoms with Crippen LogP contribution in [-0.2, 0) is 9.84 Å². The van der Waals surface area contributed by atoms with Gasteiger partial charge in [-0.05, 0) is 37.3 Å². The number of hydrogen-bond donors (Lipinski definition) is 0. The first kappa shape index (κ1) is 15.5. The van der Waals surface area contributed by atoms with Gasteiger partial charge in [0, 0.05) is 16.7 Å². The molecule has 1 heterocycles. The van der Waals surface area contributed by atoms with Crippen molar-refractivity contribution in [3.05, 3.63) is 77.2 Å². The van der Waals surface area contributed by atoms with Crippen molar-refractivity contribution in [2.45, 2.75) is 13.0 Å². The smallest absolute Gasteiger partial charge is 0.258 e. The minimum atomic E-state index is -3.25. The maximum absolute atomic E-state index is 13.0. The third-order valence-electron chi connectivity index (χ3n) is 3.76. The highest BCUT2D eigenvalue weighted by Crippen LogP contribution is 2.25. The van der Waals surface area contributed by atoms with E-state index in [2.05, 4.69) is 0 Å². The summed E-state index contributed by atoms with van der Waals surface area (Å²) in [5.74, 6) is -0.286. The molecule has 5 heteroatoms. The Kier molecular flexibility index (Phi) is 4.05. The molecule has 0 fully saturated rings. The van der Waals surface area contributed by atoms with E-state index in [0.29, 0.717) is 11.3 Å². The Hall–Kier alpha value is -2.40. The summed E-state index contributed by atoms with van der Waals surface area (Å²) in [7, 11) is -3.25. The van der Waals surface area contributed by atoms with Crippen molar-refractivity contribution in [1.29, 1.82) is 0 Å². The molecule has 23 heavy (non-hydrogen) atoms. The van der Waals surface area contributed by atoms with Crippen molar-refractivity contribution in [1.82, 2.24) is 0 Å². The molecule has 0 spiro atoms. The Balaban J connectivity index is 2.02. The Morgan fingerprint density at radius 1 is 1.09 bits per heavy atom. The van der Waals surface area contributed by atoms with Gasteiger partial charge in [0.15, 0.2) is 9.84 Å². The minimum absolute atomic E-state index is 0.0839. The number of carbonyl (C=O) groups excluding carboxylic acids is 1. The second kappa shape index (κ2) is 6.01. The molecule has 0 saturated carbocycles. The number of amides is 1. The van der Waals surface area contributed by atoms with Gasteiger partial charge < -0.3 is 4.90 Å². The van der Waals surface area contributed by atoms with Crippen LogP contribution in [0.4, 0.5) is 5.69 Å². The van der Waals surface area contributed by atoms with E-state index < -0.39 is 15.9 Å². The van der Waals surface area contributed by atoms with Crippen LogP contribution in [0.2, 0.25) is 0 Å². The number of hydrogen-bond acceptors (Lipinski definition) is 3. The van der Waals surface area contributed by atoms with Gasteiger partial charge >= 0.3 is 0 Å². The molecule has 1 amide bonds. The van der Waals surface area contributed by atoms with Gasteiger partial charge in [-0.3, -0.25) is 4.79 Å². The number of aryl methyl sites for hydroxylation is 1. The summed E-state index contributed by atoms with van der Waals surface area (Å²) >= 11 is 0. The molecule has 0 aliphatic carbocycles. The van der Waals surface area contributed by atoms with Crippen molar-refractivity contribution in [2.24, 2.45) is 0 Å². The highest BCUT2D eigenvalue weighted by atomic mass is 32.2. The molecule has 0 bridgehead atoms. The molecule has 0 saturated heterocycles. The number of carbonyl (C=O) groups is 1. The number of benzene rings is 2. The normalized spacial score (nSPS) is 18.7. The van der Waals surface area contributed by atoms with E-state index in [1.807, 2.05) is 55.5 Å². The van der Waals surface area contributed by atoms with Crippen molar-refractivity contribution in [3.63, 3.8) is 0 Å². The van der Waals surface area contributed by atoms with Gasteiger partial charge in [0.2, 0.25) is 0 Å². The van der Waals surface area contributed by atoms with Crippen molar-refractivity contribution >= 4 is 21.4 Å². The van der Waals surface area contributed by atoms with Crippen LogP contribution in [0.5, 0.6) is 0 Å². The Morgan fingerprint density at radius 2 is 1.83 bits per heavy atom. The molecule has 118 valence electrons. The molecule has 0 unspecified atom stereocenters. The molecule has 0 radical (unpaired) electrons. The standard InChI is InChI=1S/C18H17NO3S/c1-14-6-5-7-15(12-14)18(20)19(16-8-3-2-4-9-16)17-10-11-23(21,22)13-17/h2-12,17H,13H2,1H3/t17-/m0/s1. The van der Waals surface area contributed by atoms with E-state index in [4.69, 9.17) is 0 Å². The van der Waals surface area contributed by atoms with Crippen LogP contribution in [-0.4, -0.2) is 26.1 Å². The third kappa shape index (κ3) is 3.35. The highest BCUT2D eigenvalue weighted by Gasteiger charge is 2.31. The second-order valence-electron chi connectivity index (χ2n) is 5.61. The third-order valence-corrected chi connectivity index (χ3v) is 5.14. The largest absolute Gasteiger partial charge is 0.300 e. The van der Waals surface area contributed by atoms with Gasteiger partial charge in [-0.2, -0.15) is 0 Å². The molecule has 4 nitrogen and oxygen atoms in total. The molecule has 1 aliphatic heterocycles. The van der Waals surface area contributed by atoms with Gasteiger partial charge in [-0.15, -0.1) is 0 Å². The lowest BCUT2D eigenvalue weighted by molar-refractivity contribution is 0.0983. The lowest BCUT2D eigenvalue weighted by Crippen LogP contribution is -2.41. The summed E-state index contributed by atoms with van der Waals surface area (Å²) in [6.45, 7) is 1.92. The second-order valence-corrected chi connectivity index (χ2v) is 7.54. The zero-order valence-electron chi connectivity index (χ0n) is 12.7.